The number of halogens is 3. The fourth-order valence-corrected chi connectivity index (χ4v) is 7.02. The SMILES string of the molecule is O=C(NC1C2CC3CC(C2)CC1C3)c1cnn2c1NC(c1ccccc1)CC2C(F)(F)F. The lowest BCUT2D eigenvalue weighted by Gasteiger charge is -2.54. The molecule has 1 aromatic carbocycles. The summed E-state index contributed by atoms with van der Waals surface area (Å²) in [5.41, 5.74) is 0.968. The van der Waals surface area contributed by atoms with Gasteiger partial charge < -0.3 is 10.6 Å². The number of amides is 1. The molecule has 1 amide bonds. The molecular weight excluding hydrogens is 417 g/mol. The summed E-state index contributed by atoms with van der Waals surface area (Å²) in [5.74, 6) is 2.41. The molecule has 170 valence electrons. The van der Waals surface area contributed by atoms with Gasteiger partial charge in [0.05, 0.1) is 12.2 Å². The molecule has 0 spiro atoms. The molecule has 1 aliphatic heterocycles. The summed E-state index contributed by atoms with van der Waals surface area (Å²) in [5, 5.41) is 10.4. The van der Waals surface area contributed by atoms with E-state index in [1.54, 1.807) is 0 Å². The van der Waals surface area contributed by atoms with E-state index < -0.39 is 18.3 Å². The predicted molar refractivity (Wildman–Crippen MR) is 113 cm³/mol. The minimum Gasteiger partial charge on any atom is -0.363 e. The number of rotatable bonds is 3. The molecule has 1 aromatic heterocycles. The van der Waals surface area contributed by atoms with Crippen LogP contribution in [0.5, 0.6) is 0 Å². The largest absolute Gasteiger partial charge is 0.410 e. The molecule has 4 aliphatic carbocycles. The molecule has 4 fully saturated rings. The lowest BCUT2D eigenvalue weighted by Crippen LogP contribution is -2.55. The standard InChI is InChI=1S/C24H27F3N4O/c25-24(26,27)20-11-19(15-4-2-1-3-5-15)29-22-18(12-28-31(20)22)23(32)30-21-16-7-13-6-14(9-16)10-17(21)8-13/h1-5,12-14,16-17,19-21,29H,6-11H2,(H,30,32). The first kappa shape index (κ1) is 20.1. The van der Waals surface area contributed by atoms with E-state index in [0.717, 1.165) is 47.8 Å². The zero-order chi connectivity index (χ0) is 22.0. The molecule has 2 unspecified atom stereocenters. The average Bonchev–Trinajstić information content (AvgIpc) is 3.19. The van der Waals surface area contributed by atoms with Crippen molar-refractivity contribution in [2.75, 3.05) is 5.32 Å². The second-order valence-corrected chi connectivity index (χ2v) is 10.2. The Labute approximate surface area is 184 Å². The zero-order valence-corrected chi connectivity index (χ0v) is 17.7. The number of carbonyl (C=O) groups excluding carboxylic acids is 1. The van der Waals surface area contributed by atoms with Gasteiger partial charge in [0, 0.05) is 12.5 Å². The summed E-state index contributed by atoms with van der Waals surface area (Å²) in [6, 6.07) is 6.89. The van der Waals surface area contributed by atoms with Gasteiger partial charge in [0.25, 0.3) is 5.91 Å². The number of nitrogens with one attached hydrogen (secondary N) is 2. The van der Waals surface area contributed by atoms with Crippen LogP contribution in [0.1, 0.15) is 66.5 Å². The lowest BCUT2D eigenvalue weighted by molar-refractivity contribution is -0.173. The minimum atomic E-state index is -4.45. The highest BCUT2D eigenvalue weighted by Crippen LogP contribution is 2.54. The van der Waals surface area contributed by atoms with Gasteiger partial charge in [-0.3, -0.25) is 4.79 Å². The zero-order valence-electron chi connectivity index (χ0n) is 17.7. The highest BCUT2D eigenvalue weighted by molar-refractivity contribution is 5.99. The number of fused-ring (bicyclic) bond motifs is 1. The highest BCUT2D eigenvalue weighted by Gasteiger charge is 2.50. The van der Waals surface area contributed by atoms with E-state index in [4.69, 9.17) is 0 Å². The van der Waals surface area contributed by atoms with Gasteiger partial charge in [-0.05, 0) is 61.3 Å². The van der Waals surface area contributed by atoms with Crippen LogP contribution in [-0.2, 0) is 0 Å². The van der Waals surface area contributed by atoms with Gasteiger partial charge in [0.1, 0.15) is 11.4 Å². The van der Waals surface area contributed by atoms with Crippen molar-refractivity contribution in [3.05, 3.63) is 47.7 Å². The Hall–Kier alpha value is -2.51. The Morgan fingerprint density at radius 1 is 1.00 bits per heavy atom. The van der Waals surface area contributed by atoms with Crippen LogP contribution in [0.2, 0.25) is 0 Å². The van der Waals surface area contributed by atoms with Crippen LogP contribution in [-0.4, -0.2) is 27.9 Å². The molecule has 4 bridgehead atoms. The van der Waals surface area contributed by atoms with Crippen molar-refractivity contribution >= 4 is 11.7 Å². The van der Waals surface area contributed by atoms with Gasteiger partial charge in [0.2, 0.25) is 0 Å². The Morgan fingerprint density at radius 2 is 1.66 bits per heavy atom. The number of benzene rings is 1. The van der Waals surface area contributed by atoms with Crippen molar-refractivity contribution in [1.29, 1.82) is 0 Å². The van der Waals surface area contributed by atoms with Gasteiger partial charge in [-0.1, -0.05) is 30.3 Å². The Kier molecular flexibility index (Phi) is 4.56. The van der Waals surface area contributed by atoms with Gasteiger partial charge in [-0.25, -0.2) is 4.68 Å². The molecule has 0 saturated heterocycles. The molecular formula is C24H27F3N4O. The van der Waals surface area contributed by atoms with Crippen LogP contribution < -0.4 is 10.6 Å². The van der Waals surface area contributed by atoms with E-state index in [-0.39, 0.29) is 29.8 Å². The number of nitrogens with zero attached hydrogens (tertiary/aromatic N) is 2. The van der Waals surface area contributed by atoms with Gasteiger partial charge in [0.15, 0.2) is 6.04 Å². The maximum absolute atomic E-state index is 13.9. The molecule has 2 N–H and O–H groups in total. The summed E-state index contributed by atoms with van der Waals surface area (Å²) < 4.78 is 42.6. The average molecular weight is 445 g/mol. The molecule has 7 rings (SSSR count). The number of carbonyl (C=O) groups is 1. The van der Waals surface area contributed by atoms with Crippen LogP contribution in [0, 0.1) is 23.7 Å². The fourth-order valence-electron chi connectivity index (χ4n) is 7.02. The van der Waals surface area contributed by atoms with E-state index >= 15 is 0 Å². The van der Waals surface area contributed by atoms with Crippen molar-refractivity contribution in [3.63, 3.8) is 0 Å². The van der Waals surface area contributed by atoms with E-state index in [2.05, 4.69) is 15.7 Å². The quantitative estimate of drug-likeness (QED) is 0.693. The molecule has 8 heteroatoms. The second kappa shape index (κ2) is 7.25. The summed E-state index contributed by atoms with van der Waals surface area (Å²) in [6.45, 7) is 0. The smallest absolute Gasteiger partial charge is 0.363 e. The first-order valence-electron chi connectivity index (χ1n) is 11.6. The van der Waals surface area contributed by atoms with E-state index in [1.807, 2.05) is 30.3 Å². The molecule has 4 saturated carbocycles. The first-order valence-corrected chi connectivity index (χ1v) is 11.6. The van der Waals surface area contributed by atoms with Crippen molar-refractivity contribution in [1.82, 2.24) is 15.1 Å². The van der Waals surface area contributed by atoms with E-state index in [0.29, 0.717) is 11.8 Å². The summed E-state index contributed by atoms with van der Waals surface area (Å²) in [7, 11) is 0. The Morgan fingerprint density at radius 3 is 2.28 bits per heavy atom. The van der Waals surface area contributed by atoms with E-state index in [1.165, 1.54) is 12.6 Å². The maximum atomic E-state index is 13.9. The Bertz CT molecular complexity index is 990. The third-order valence-corrected chi connectivity index (χ3v) is 8.21. The predicted octanol–water partition coefficient (Wildman–Crippen LogP) is 5.10. The van der Waals surface area contributed by atoms with Gasteiger partial charge in [-0.2, -0.15) is 18.3 Å². The number of hydrogen-bond donors (Lipinski definition) is 2. The second-order valence-electron chi connectivity index (χ2n) is 10.2. The molecule has 5 nitrogen and oxygen atoms in total. The summed E-state index contributed by atoms with van der Waals surface area (Å²) in [4.78, 5) is 13.3. The molecule has 2 atom stereocenters. The number of aromatic nitrogens is 2. The molecule has 2 aromatic rings. The van der Waals surface area contributed by atoms with Crippen LogP contribution >= 0.6 is 0 Å². The molecule has 32 heavy (non-hydrogen) atoms. The highest BCUT2D eigenvalue weighted by atomic mass is 19.4. The third kappa shape index (κ3) is 3.30. The van der Waals surface area contributed by atoms with Gasteiger partial charge >= 0.3 is 6.18 Å². The van der Waals surface area contributed by atoms with Crippen molar-refractivity contribution in [2.24, 2.45) is 23.7 Å². The topological polar surface area (TPSA) is 59.0 Å². The van der Waals surface area contributed by atoms with Crippen LogP contribution in [0.15, 0.2) is 36.5 Å². The van der Waals surface area contributed by atoms with Crippen LogP contribution in [0.25, 0.3) is 0 Å². The summed E-state index contributed by atoms with van der Waals surface area (Å²) in [6.07, 6.45) is 2.64. The lowest BCUT2D eigenvalue weighted by atomic mass is 9.54. The third-order valence-electron chi connectivity index (χ3n) is 8.21. The fraction of sp³-hybridized carbons (Fsp3) is 0.583. The normalized spacial score (nSPS) is 35.3. The molecule has 5 aliphatic rings. The molecule has 2 heterocycles. The first-order chi connectivity index (χ1) is 15.4. The van der Waals surface area contributed by atoms with Crippen LogP contribution in [0.3, 0.4) is 0 Å². The molecule has 0 radical (unpaired) electrons. The van der Waals surface area contributed by atoms with Crippen molar-refractivity contribution in [3.8, 4) is 0 Å². The number of hydrogen-bond acceptors (Lipinski definition) is 3. The minimum absolute atomic E-state index is 0.123. The van der Waals surface area contributed by atoms with E-state index in [9.17, 15) is 18.0 Å². The van der Waals surface area contributed by atoms with Crippen molar-refractivity contribution in [2.45, 2.75) is 62.8 Å². The summed E-state index contributed by atoms with van der Waals surface area (Å²) >= 11 is 0. The van der Waals surface area contributed by atoms with Crippen molar-refractivity contribution < 1.29 is 18.0 Å². The Balaban J connectivity index is 1.29. The maximum Gasteiger partial charge on any atom is 0.410 e. The van der Waals surface area contributed by atoms with Crippen LogP contribution in [0.4, 0.5) is 19.0 Å². The monoisotopic (exact) mass is 444 g/mol. The number of anilines is 1. The number of alkyl halides is 3. The van der Waals surface area contributed by atoms with Gasteiger partial charge in [-0.15, -0.1) is 0 Å².